The second kappa shape index (κ2) is 7.07. The molecule has 1 amide bonds. The molecule has 1 aliphatic rings. The van der Waals surface area contributed by atoms with E-state index in [4.69, 9.17) is 27.9 Å². The molecule has 0 saturated carbocycles. The molecule has 6 nitrogen and oxygen atoms in total. The predicted molar refractivity (Wildman–Crippen MR) is 95.3 cm³/mol. The first-order valence-electron chi connectivity index (χ1n) is 7.01. The van der Waals surface area contributed by atoms with Crippen LogP contribution in [0.5, 0.6) is 0 Å². The highest BCUT2D eigenvalue weighted by molar-refractivity contribution is 7.58. The molecule has 1 aromatic rings. The minimum atomic E-state index is -0.529. The lowest BCUT2D eigenvalue weighted by molar-refractivity contribution is 0.0526. The van der Waals surface area contributed by atoms with E-state index in [0.29, 0.717) is 33.7 Å². The van der Waals surface area contributed by atoms with Gasteiger partial charge < -0.3 is 15.4 Å². The SMILES string of the molecule is CC(CNC(=O)OC(C)(C)C)Nc1c(Cl)cc(Cl)c2c1N=S=N2. The van der Waals surface area contributed by atoms with Crippen molar-refractivity contribution in [3.63, 3.8) is 0 Å². The Bertz CT molecular complexity index is 697. The molecule has 0 aliphatic carbocycles. The number of anilines is 1. The monoisotopic (exact) mass is 376 g/mol. The number of carbonyl (C=O) groups excluding carboxylic acids is 1. The molecular weight excluding hydrogens is 359 g/mol. The highest BCUT2D eigenvalue weighted by atomic mass is 35.5. The lowest BCUT2D eigenvalue weighted by Gasteiger charge is -2.22. The molecule has 1 unspecified atom stereocenters. The van der Waals surface area contributed by atoms with Gasteiger partial charge in [0.1, 0.15) is 17.0 Å². The van der Waals surface area contributed by atoms with Crippen LogP contribution in [-0.4, -0.2) is 24.3 Å². The van der Waals surface area contributed by atoms with Crippen molar-refractivity contribution in [1.29, 1.82) is 0 Å². The molecule has 0 radical (unpaired) electrons. The quantitative estimate of drug-likeness (QED) is 0.783. The molecule has 0 aromatic heterocycles. The summed E-state index contributed by atoms with van der Waals surface area (Å²) in [6.45, 7) is 7.72. The van der Waals surface area contributed by atoms with E-state index >= 15 is 0 Å². The van der Waals surface area contributed by atoms with Gasteiger partial charge in [-0.1, -0.05) is 23.2 Å². The maximum atomic E-state index is 11.7. The Morgan fingerprint density at radius 1 is 1.30 bits per heavy atom. The second-order valence-corrected chi connectivity index (χ2v) is 7.45. The van der Waals surface area contributed by atoms with Crippen molar-refractivity contribution in [3.8, 4) is 0 Å². The van der Waals surface area contributed by atoms with Gasteiger partial charge in [-0.2, -0.15) is 8.73 Å². The van der Waals surface area contributed by atoms with Gasteiger partial charge in [0.15, 0.2) is 0 Å². The third-order valence-electron chi connectivity index (χ3n) is 2.79. The van der Waals surface area contributed by atoms with E-state index < -0.39 is 11.7 Å². The highest BCUT2D eigenvalue weighted by Crippen LogP contribution is 2.47. The Labute approximate surface area is 148 Å². The smallest absolute Gasteiger partial charge is 0.407 e. The van der Waals surface area contributed by atoms with Gasteiger partial charge >= 0.3 is 6.09 Å². The van der Waals surface area contributed by atoms with Crippen LogP contribution < -0.4 is 10.6 Å². The Kier molecular flexibility index (Phi) is 5.54. The summed E-state index contributed by atoms with van der Waals surface area (Å²) in [4.78, 5) is 11.7. The number of hydrogen-bond donors (Lipinski definition) is 2. The lowest BCUT2D eigenvalue weighted by atomic mass is 10.2. The summed E-state index contributed by atoms with van der Waals surface area (Å²) in [5.74, 6) is 0. The fourth-order valence-electron chi connectivity index (χ4n) is 1.86. The fraction of sp³-hybridized carbons (Fsp3) is 0.500. The van der Waals surface area contributed by atoms with Crippen LogP contribution in [0.3, 0.4) is 0 Å². The number of alkyl carbamates (subject to hydrolysis) is 1. The maximum absolute atomic E-state index is 11.7. The van der Waals surface area contributed by atoms with Crippen molar-refractivity contribution in [2.24, 2.45) is 8.73 Å². The minimum Gasteiger partial charge on any atom is -0.444 e. The number of carbonyl (C=O) groups is 1. The van der Waals surface area contributed by atoms with Crippen LogP contribution >= 0.6 is 23.2 Å². The number of hydrogen-bond acceptors (Lipinski definition) is 5. The summed E-state index contributed by atoms with van der Waals surface area (Å²) in [6, 6.07) is 1.54. The number of rotatable bonds is 4. The summed E-state index contributed by atoms with van der Waals surface area (Å²) >= 11 is 13.4. The molecule has 1 atom stereocenters. The second-order valence-electron chi connectivity index (χ2n) is 6.10. The first-order chi connectivity index (χ1) is 10.7. The molecule has 0 fully saturated rings. The minimum absolute atomic E-state index is 0.0916. The number of benzene rings is 1. The third-order valence-corrected chi connectivity index (χ3v) is 3.90. The average molecular weight is 377 g/mol. The highest BCUT2D eigenvalue weighted by Gasteiger charge is 2.21. The summed E-state index contributed by atoms with van der Waals surface area (Å²) < 4.78 is 13.6. The van der Waals surface area contributed by atoms with E-state index in [1.165, 1.54) is 0 Å². The largest absolute Gasteiger partial charge is 0.444 e. The summed E-state index contributed by atoms with van der Waals surface area (Å²) in [5.41, 5.74) is 1.35. The molecule has 126 valence electrons. The number of amides is 1. The molecule has 2 rings (SSSR count). The predicted octanol–water partition coefficient (Wildman–Crippen LogP) is 5.04. The van der Waals surface area contributed by atoms with Crippen molar-refractivity contribution in [3.05, 3.63) is 16.1 Å². The van der Waals surface area contributed by atoms with Crippen LogP contribution in [0.25, 0.3) is 0 Å². The molecule has 23 heavy (non-hydrogen) atoms. The van der Waals surface area contributed by atoms with E-state index in [1.807, 2.05) is 27.7 Å². The van der Waals surface area contributed by atoms with Crippen LogP contribution in [0.2, 0.25) is 10.0 Å². The number of nitrogens with one attached hydrogen (secondary N) is 2. The Morgan fingerprint density at radius 3 is 2.61 bits per heavy atom. The van der Waals surface area contributed by atoms with Gasteiger partial charge in [-0.3, -0.25) is 0 Å². The van der Waals surface area contributed by atoms with Gasteiger partial charge in [0.2, 0.25) is 0 Å². The van der Waals surface area contributed by atoms with Crippen molar-refractivity contribution in [1.82, 2.24) is 5.32 Å². The van der Waals surface area contributed by atoms with Crippen molar-refractivity contribution >= 4 is 57.7 Å². The molecular formula is C14H18Cl2N4O2S. The number of fused-ring (bicyclic) bond motifs is 1. The fourth-order valence-corrected chi connectivity index (χ4v) is 3.03. The van der Waals surface area contributed by atoms with E-state index in [1.54, 1.807) is 6.07 Å². The zero-order chi connectivity index (χ0) is 17.2. The molecule has 1 aliphatic heterocycles. The molecule has 9 heteroatoms. The van der Waals surface area contributed by atoms with Gasteiger partial charge in [0.25, 0.3) is 0 Å². The van der Waals surface area contributed by atoms with Crippen molar-refractivity contribution in [2.45, 2.75) is 39.3 Å². The molecule has 1 heterocycles. The van der Waals surface area contributed by atoms with E-state index in [0.717, 1.165) is 11.4 Å². The van der Waals surface area contributed by atoms with E-state index in [2.05, 4.69) is 19.4 Å². The van der Waals surface area contributed by atoms with Crippen LogP contribution in [-0.2, 0) is 16.1 Å². The van der Waals surface area contributed by atoms with Gasteiger partial charge in [-0.05, 0) is 33.8 Å². The first kappa shape index (κ1) is 18.0. The van der Waals surface area contributed by atoms with Crippen LogP contribution in [0, 0.1) is 0 Å². The van der Waals surface area contributed by atoms with E-state index in [9.17, 15) is 4.79 Å². The van der Waals surface area contributed by atoms with Crippen LogP contribution in [0.4, 0.5) is 21.9 Å². The topological polar surface area (TPSA) is 75.1 Å². The van der Waals surface area contributed by atoms with Gasteiger partial charge in [0.05, 0.1) is 27.1 Å². The zero-order valence-electron chi connectivity index (χ0n) is 13.2. The van der Waals surface area contributed by atoms with Crippen LogP contribution in [0.15, 0.2) is 14.8 Å². The normalized spacial score (nSPS) is 14.0. The summed E-state index contributed by atoms with van der Waals surface area (Å²) in [6.07, 6.45) is -0.464. The van der Waals surface area contributed by atoms with Gasteiger partial charge in [-0.25, -0.2) is 4.79 Å². The number of halogens is 2. The van der Waals surface area contributed by atoms with E-state index in [-0.39, 0.29) is 6.04 Å². The third kappa shape index (κ3) is 4.83. The molecule has 1 aromatic carbocycles. The zero-order valence-corrected chi connectivity index (χ0v) is 15.6. The Morgan fingerprint density at radius 2 is 1.96 bits per heavy atom. The summed E-state index contributed by atoms with van der Waals surface area (Å²) in [5, 5.41) is 6.85. The molecule has 2 N–H and O–H groups in total. The van der Waals surface area contributed by atoms with Crippen molar-refractivity contribution < 1.29 is 9.53 Å². The lowest BCUT2D eigenvalue weighted by Crippen LogP contribution is -2.38. The Hall–Kier alpha value is -1.31. The van der Waals surface area contributed by atoms with Gasteiger partial charge in [0, 0.05) is 12.6 Å². The molecule has 0 spiro atoms. The molecule has 0 bridgehead atoms. The average Bonchev–Trinajstić information content (AvgIpc) is 2.89. The Balaban J connectivity index is 2.00. The summed E-state index contributed by atoms with van der Waals surface area (Å²) in [7, 11) is 0. The standard InChI is InChI=1S/C14H18Cl2N4O2S/c1-7(6-17-13(21)22-14(2,3)4)18-10-8(15)5-9(16)11-12(10)20-23-19-11/h5,7,18H,6H2,1-4H3,(H,17,21). The molecule has 0 saturated heterocycles. The van der Waals surface area contributed by atoms with Crippen molar-refractivity contribution in [2.75, 3.05) is 11.9 Å². The number of nitrogens with zero attached hydrogens (tertiary/aromatic N) is 2. The van der Waals surface area contributed by atoms with Crippen LogP contribution in [0.1, 0.15) is 27.7 Å². The maximum Gasteiger partial charge on any atom is 0.407 e. The first-order valence-corrected chi connectivity index (χ1v) is 8.49. The number of ether oxygens (including phenoxy) is 1. The van der Waals surface area contributed by atoms with Gasteiger partial charge in [-0.15, -0.1) is 0 Å².